The van der Waals surface area contributed by atoms with Gasteiger partial charge in [-0.2, -0.15) is 8.42 Å². The lowest BCUT2D eigenvalue weighted by molar-refractivity contribution is 0.0977. The second-order valence-electron chi connectivity index (χ2n) is 4.58. The van der Waals surface area contributed by atoms with Crippen molar-refractivity contribution in [3.8, 4) is 0 Å². The minimum Gasteiger partial charge on any atom is -0.369 e. The maximum absolute atomic E-state index is 12.1. The van der Waals surface area contributed by atoms with Gasteiger partial charge in [0, 0.05) is 5.56 Å². The summed E-state index contributed by atoms with van der Waals surface area (Å²) in [7, 11) is -3.96. The topological polar surface area (TPSA) is 102 Å². The van der Waals surface area contributed by atoms with Crippen LogP contribution in [-0.4, -0.2) is 20.3 Å². The molecule has 0 heterocycles. The van der Waals surface area contributed by atoms with Crippen molar-refractivity contribution in [2.45, 2.75) is 11.8 Å². The second kappa shape index (κ2) is 6.40. The van der Waals surface area contributed by atoms with Crippen LogP contribution in [0.5, 0.6) is 0 Å². The van der Waals surface area contributed by atoms with Crippen molar-refractivity contribution in [1.29, 1.82) is 0 Å². The summed E-state index contributed by atoms with van der Waals surface area (Å²) in [4.78, 5) is 11.9. The van der Waals surface area contributed by atoms with Gasteiger partial charge in [0.25, 0.3) is 15.9 Å². The summed E-state index contributed by atoms with van der Waals surface area (Å²) < 4.78 is 27.5. The molecular formula is C15H15N3O3S. The van der Waals surface area contributed by atoms with Crippen molar-refractivity contribution >= 4 is 21.9 Å². The molecule has 0 saturated heterocycles. The Balaban J connectivity index is 2.18. The molecule has 0 radical (unpaired) electrons. The molecule has 0 aliphatic heterocycles. The summed E-state index contributed by atoms with van der Waals surface area (Å²) in [5, 5.41) is 2.24. The van der Waals surface area contributed by atoms with Gasteiger partial charge in [0.05, 0.1) is 4.90 Å². The minimum absolute atomic E-state index is 0.00927. The first kappa shape index (κ1) is 15.7. The van der Waals surface area contributed by atoms with E-state index in [2.05, 4.69) is 9.71 Å². The molecule has 0 spiro atoms. The van der Waals surface area contributed by atoms with Gasteiger partial charge in [0.1, 0.15) is 0 Å². The van der Waals surface area contributed by atoms with E-state index in [0.29, 0.717) is 5.56 Å². The molecule has 3 N–H and O–H groups in total. The number of carbonyl (C=O) groups is 1. The molecule has 0 fully saturated rings. The van der Waals surface area contributed by atoms with Crippen molar-refractivity contribution in [3.63, 3.8) is 0 Å². The number of aryl methyl sites for hydroxylation is 1. The number of rotatable bonds is 3. The normalized spacial score (nSPS) is 12.0. The molecule has 0 atom stereocenters. The van der Waals surface area contributed by atoms with Crippen LogP contribution in [0.1, 0.15) is 15.9 Å². The highest BCUT2D eigenvalue weighted by Gasteiger charge is 2.14. The lowest BCUT2D eigenvalue weighted by atomic mass is 10.2. The number of guanidine groups is 1. The molecule has 6 nitrogen and oxygen atoms in total. The van der Waals surface area contributed by atoms with Gasteiger partial charge < -0.3 is 5.73 Å². The highest BCUT2D eigenvalue weighted by Crippen LogP contribution is 2.12. The monoisotopic (exact) mass is 317 g/mol. The van der Waals surface area contributed by atoms with Crippen LogP contribution in [0.3, 0.4) is 0 Å². The number of sulfonamides is 1. The van der Waals surface area contributed by atoms with E-state index in [0.717, 1.165) is 5.56 Å². The molecule has 1 amide bonds. The smallest absolute Gasteiger partial charge is 0.285 e. The molecule has 22 heavy (non-hydrogen) atoms. The molecule has 0 aliphatic carbocycles. The number of carbonyl (C=O) groups excluding carboxylic acids is 1. The van der Waals surface area contributed by atoms with E-state index in [4.69, 9.17) is 5.73 Å². The van der Waals surface area contributed by atoms with Crippen molar-refractivity contribution in [1.82, 2.24) is 5.32 Å². The molecule has 2 rings (SSSR count). The summed E-state index contributed by atoms with van der Waals surface area (Å²) in [6.07, 6.45) is 0. The van der Waals surface area contributed by atoms with Gasteiger partial charge >= 0.3 is 0 Å². The predicted molar refractivity (Wildman–Crippen MR) is 83.9 cm³/mol. The average Bonchev–Trinajstić information content (AvgIpc) is 2.48. The number of hydrogen-bond acceptors (Lipinski definition) is 3. The Morgan fingerprint density at radius 1 is 1.05 bits per heavy atom. The average molecular weight is 317 g/mol. The molecular weight excluding hydrogens is 302 g/mol. The maximum Gasteiger partial charge on any atom is 0.285 e. The van der Waals surface area contributed by atoms with Crippen LogP contribution >= 0.6 is 0 Å². The Kier molecular flexibility index (Phi) is 4.57. The van der Waals surface area contributed by atoms with Crippen molar-refractivity contribution in [2.75, 3.05) is 0 Å². The molecule has 0 aromatic heterocycles. The van der Waals surface area contributed by atoms with Gasteiger partial charge in [0.2, 0.25) is 5.96 Å². The fourth-order valence-electron chi connectivity index (χ4n) is 1.69. The first-order valence-electron chi connectivity index (χ1n) is 6.42. The van der Waals surface area contributed by atoms with Crippen LogP contribution in [0.25, 0.3) is 0 Å². The van der Waals surface area contributed by atoms with Crippen LogP contribution in [0.15, 0.2) is 63.9 Å². The van der Waals surface area contributed by atoms with E-state index in [-0.39, 0.29) is 4.90 Å². The summed E-state index contributed by atoms with van der Waals surface area (Å²) in [5.74, 6) is -1.00. The largest absolute Gasteiger partial charge is 0.369 e. The highest BCUT2D eigenvalue weighted by atomic mass is 32.2. The molecule has 0 unspecified atom stereocenters. The van der Waals surface area contributed by atoms with Crippen LogP contribution in [0, 0.1) is 6.92 Å². The van der Waals surface area contributed by atoms with Gasteiger partial charge in [-0.05, 0) is 31.2 Å². The maximum atomic E-state index is 12.1. The lowest BCUT2D eigenvalue weighted by Gasteiger charge is -2.05. The first-order chi connectivity index (χ1) is 10.4. The third kappa shape index (κ3) is 3.92. The number of benzene rings is 2. The molecule has 7 heteroatoms. The summed E-state index contributed by atoms with van der Waals surface area (Å²) in [6, 6.07) is 14.5. The fraction of sp³-hybridized carbons (Fsp3) is 0.0667. The van der Waals surface area contributed by atoms with E-state index in [1.807, 2.05) is 6.92 Å². The molecule has 2 aromatic carbocycles. The third-order valence-electron chi connectivity index (χ3n) is 2.81. The van der Waals surface area contributed by atoms with Crippen LogP contribution in [-0.2, 0) is 10.0 Å². The highest BCUT2D eigenvalue weighted by molar-refractivity contribution is 7.90. The van der Waals surface area contributed by atoms with Gasteiger partial charge in [-0.3, -0.25) is 10.1 Å². The number of nitrogens with two attached hydrogens (primary N) is 1. The standard InChI is InChI=1S/C15H15N3O3S/c1-11-7-9-13(10-8-11)22(20,21)18-15(16)17-14(19)12-5-3-2-4-6-12/h2-10H,1H3,(H3,16,17,18,19). The molecule has 114 valence electrons. The molecule has 0 aliphatic rings. The van der Waals surface area contributed by atoms with Gasteiger partial charge in [-0.15, -0.1) is 4.40 Å². The number of nitrogens with zero attached hydrogens (tertiary/aromatic N) is 1. The lowest BCUT2D eigenvalue weighted by Crippen LogP contribution is -2.37. The summed E-state index contributed by atoms with van der Waals surface area (Å²) >= 11 is 0. The third-order valence-corrected chi connectivity index (χ3v) is 4.12. The van der Waals surface area contributed by atoms with Crippen molar-refractivity contribution in [2.24, 2.45) is 10.1 Å². The van der Waals surface area contributed by atoms with E-state index in [1.165, 1.54) is 12.1 Å². The van der Waals surface area contributed by atoms with E-state index < -0.39 is 21.9 Å². The Hall–Kier alpha value is -2.67. The molecule has 0 saturated carbocycles. The SMILES string of the molecule is Cc1ccc(S(=O)(=O)N=C(N)NC(=O)c2ccccc2)cc1. The minimum atomic E-state index is -3.96. The summed E-state index contributed by atoms with van der Waals surface area (Å²) in [6.45, 7) is 1.84. The van der Waals surface area contributed by atoms with Crippen molar-refractivity contribution in [3.05, 3.63) is 65.7 Å². The Labute approximate surface area is 128 Å². The number of nitrogens with one attached hydrogen (secondary N) is 1. The van der Waals surface area contributed by atoms with Gasteiger partial charge in [-0.1, -0.05) is 35.9 Å². The first-order valence-corrected chi connectivity index (χ1v) is 7.86. The van der Waals surface area contributed by atoms with E-state index in [9.17, 15) is 13.2 Å². The number of amides is 1. The quantitative estimate of drug-likeness (QED) is 0.660. The van der Waals surface area contributed by atoms with E-state index >= 15 is 0 Å². The zero-order valence-corrected chi connectivity index (χ0v) is 12.7. The Bertz CT molecular complexity index is 798. The van der Waals surface area contributed by atoms with Gasteiger partial charge in [0.15, 0.2) is 0 Å². The van der Waals surface area contributed by atoms with Gasteiger partial charge in [-0.25, -0.2) is 0 Å². The Morgan fingerprint density at radius 3 is 2.23 bits per heavy atom. The van der Waals surface area contributed by atoms with Crippen LogP contribution in [0.4, 0.5) is 0 Å². The van der Waals surface area contributed by atoms with Crippen LogP contribution < -0.4 is 11.1 Å². The second-order valence-corrected chi connectivity index (χ2v) is 6.19. The zero-order valence-electron chi connectivity index (χ0n) is 11.9. The van der Waals surface area contributed by atoms with Crippen LogP contribution in [0.2, 0.25) is 0 Å². The van der Waals surface area contributed by atoms with E-state index in [1.54, 1.807) is 42.5 Å². The fourth-order valence-corrected chi connectivity index (χ4v) is 2.58. The zero-order chi connectivity index (χ0) is 16.2. The predicted octanol–water partition coefficient (Wildman–Crippen LogP) is 1.43. The molecule has 2 aromatic rings. The molecule has 0 bridgehead atoms. The Morgan fingerprint density at radius 2 is 1.64 bits per heavy atom. The summed E-state index contributed by atoms with van der Waals surface area (Å²) in [5.41, 5.74) is 6.78. The van der Waals surface area contributed by atoms with Crippen molar-refractivity contribution < 1.29 is 13.2 Å². The number of hydrogen-bond donors (Lipinski definition) is 2.